The zero-order valence-corrected chi connectivity index (χ0v) is 16.1. The molecular weight excluding hydrogens is 342 g/mol. The first-order chi connectivity index (χ1) is 13.2. The number of benzene rings is 1. The van der Waals surface area contributed by atoms with E-state index in [4.69, 9.17) is 9.47 Å². The molecule has 0 N–H and O–H groups in total. The van der Waals surface area contributed by atoms with E-state index in [-0.39, 0.29) is 12.0 Å². The molecule has 0 saturated carbocycles. The van der Waals surface area contributed by atoms with Crippen LogP contribution in [0.5, 0.6) is 0 Å². The van der Waals surface area contributed by atoms with E-state index in [1.165, 1.54) is 6.42 Å². The minimum absolute atomic E-state index is 0.0428. The molecule has 0 bridgehead atoms. The fraction of sp³-hybridized carbons (Fsp3) is 0.619. The van der Waals surface area contributed by atoms with Crippen LogP contribution in [0.3, 0.4) is 0 Å². The second kappa shape index (κ2) is 9.72. The van der Waals surface area contributed by atoms with Crippen molar-refractivity contribution in [3.05, 3.63) is 29.8 Å². The summed E-state index contributed by atoms with van der Waals surface area (Å²) in [7, 11) is 0. The van der Waals surface area contributed by atoms with Gasteiger partial charge in [0, 0.05) is 32.8 Å². The number of hydrogen-bond donors (Lipinski definition) is 0. The van der Waals surface area contributed by atoms with Gasteiger partial charge >= 0.3 is 0 Å². The molecule has 2 aliphatic heterocycles. The predicted octanol–water partition coefficient (Wildman–Crippen LogP) is 2.57. The average molecular weight is 371 g/mol. The first-order valence-corrected chi connectivity index (χ1v) is 9.95. The van der Waals surface area contributed by atoms with Crippen LogP contribution in [-0.4, -0.2) is 62.4 Å². The molecular formula is C21H29N3O3. The monoisotopic (exact) mass is 371 g/mol. The topological polar surface area (TPSA) is 65.8 Å². The number of ether oxygens (including phenoxy) is 2. The van der Waals surface area contributed by atoms with E-state index in [0.29, 0.717) is 18.7 Å². The highest BCUT2D eigenvalue weighted by Gasteiger charge is 2.25. The summed E-state index contributed by atoms with van der Waals surface area (Å²) < 4.78 is 11.5. The van der Waals surface area contributed by atoms with Gasteiger partial charge in [0.15, 0.2) is 0 Å². The van der Waals surface area contributed by atoms with Crippen LogP contribution in [0.4, 0.5) is 5.69 Å². The molecule has 2 atom stereocenters. The van der Waals surface area contributed by atoms with Crippen molar-refractivity contribution in [1.82, 2.24) is 4.90 Å². The molecule has 6 heteroatoms. The molecule has 1 amide bonds. The Hall–Kier alpha value is -2.10. The molecule has 2 unspecified atom stereocenters. The molecule has 2 heterocycles. The molecule has 1 aromatic rings. The SMILES string of the molecule is CC(OCC1CCCCO1)C(=O)N1CCCN(c2ccccc2C#N)CC1. The van der Waals surface area contributed by atoms with Gasteiger partial charge in [-0.25, -0.2) is 0 Å². The molecule has 1 aromatic carbocycles. The van der Waals surface area contributed by atoms with Crippen LogP contribution >= 0.6 is 0 Å². The van der Waals surface area contributed by atoms with Crippen molar-refractivity contribution in [2.75, 3.05) is 44.3 Å². The van der Waals surface area contributed by atoms with E-state index in [0.717, 1.165) is 51.2 Å². The summed E-state index contributed by atoms with van der Waals surface area (Å²) in [6, 6.07) is 9.91. The van der Waals surface area contributed by atoms with Crippen molar-refractivity contribution in [2.24, 2.45) is 0 Å². The summed E-state index contributed by atoms with van der Waals surface area (Å²) in [5, 5.41) is 9.33. The number of para-hydroxylation sites is 1. The minimum atomic E-state index is -0.450. The van der Waals surface area contributed by atoms with E-state index in [2.05, 4.69) is 11.0 Å². The van der Waals surface area contributed by atoms with Crippen molar-refractivity contribution < 1.29 is 14.3 Å². The third-order valence-corrected chi connectivity index (χ3v) is 5.33. The van der Waals surface area contributed by atoms with E-state index in [9.17, 15) is 10.1 Å². The average Bonchev–Trinajstić information content (AvgIpc) is 2.98. The van der Waals surface area contributed by atoms with Gasteiger partial charge < -0.3 is 19.3 Å². The molecule has 0 spiro atoms. The normalized spacial score (nSPS) is 22.0. The van der Waals surface area contributed by atoms with Gasteiger partial charge in [-0.15, -0.1) is 0 Å². The zero-order chi connectivity index (χ0) is 19.1. The van der Waals surface area contributed by atoms with Crippen LogP contribution in [0, 0.1) is 11.3 Å². The van der Waals surface area contributed by atoms with Gasteiger partial charge in [-0.05, 0) is 44.7 Å². The molecule has 2 aliphatic rings. The Balaban J connectivity index is 1.52. The molecule has 0 aliphatic carbocycles. The van der Waals surface area contributed by atoms with Gasteiger partial charge in [0.05, 0.1) is 24.0 Å². The Morgan fingerprint density at radius 3 is 2.89 bits per heavy atom. The zero-order valence-electron chi connectivity index (χ0n) is 16.1. The van der Waals surface area contributed by atoms with Gasteiger partial charge in [0.2, 0.25) is 0 Å². The number of rotatable bonds is 5. The Labute approximate surface area is 161 Å². The van der Waals surface area contributed by atoms with Crippen molar-refractivity contribution in [1.29, 1.82) is 5.26 Å². The largest absolute Gasteiger partial charge is 0.376 e. The number of nitrogens with zero attached hydrogens (tertiary/aromatic N) is 3. The number of anilines is 1. The van der Waals surface area contributed by atoms with Gasteiger partial charge in [-0.3, -0.25) is 4.79 Å². The number of carbonyl (C=O) groups is 1. The maximum absolute atomic E-state index is 12.8. The fourth-order valence-electron chi connectivity index (χ4n) is 3.74. The highest BCUT2D eigenvalue weighted by molar-refractivity contribution is 5.80. The third-order valence-electron chi connectivity index (χ3n) is 5.33. The molecule has 3 rings (SSSR count). The van der Waals surface area contributed by atoms with Crippen molar-refractivity contribution in [3.63, 3.8) is 0 Å². The Morgan fingerprint density at radius 2 is 2.11 bits per heavy atom. The van der Waals surface area contributed by atoms with Crippen LogP contribution in [0.2, 0.25) is 0 Å². The number of carbonyl (C=O) groups excluding carboxylic acids is 1. The molecule has 146 valence electrons. The highest BCUT2D eigenvalue weighted by atomic mass is 16.5. The summed E-state index contributed by atoms with van der Waals surface area (Å²) in [6.07, 6.45) is 3.85. The third kappa shape index (κ3) is 5.21. The molecule has 2 saturated heterocycles. The lowest BCUT2D eigenvalue weighted by atomic mass is 10.1. The Morgan fingerprint density at radius 1 is 1.26 bits per heavy atom. The number of amides is 1. The maximum atomic E-state index is 12.8. The van der Waals surface area contributed by atoms with Gasteiger partial charge in [-0.2, -0.15) is 5.26 Å². The maximum Gasteiger partial charge on any atom is 0.251 e. The number of hydrogen-bond acceptors (Lipinski definition) is 5. The quantitative estimate of drug-likeness (QED) is 0.796. The van der Waals surface area contributed by atoms with Crippen molar-refractivity contribution in [2.45, 2.75) is 44.8 Å². The van der Waals surface area contributed by atoms with E-state index in [1.807, 2.05) is 36.1 Å². The summed E-state index contributed by atoms with van der Waals surface area (Å²) in [4.78, 5) is 16.9. The van der Waals surface area contributed by atoms with Crippen LogP contribution in [0.1, 0.15) is 38.2 Å². The lowest BCUT2D eigenvalue weighted by molar-refractivity contribution is -0.145. The van der Waals surface area contributed by atoms with Crippen LogP contribution in [-0.2, 0) is 14.3 Å². The van der Waals surface area contributed by atoms with Crippen molar-refractivity contribution >= 4 is 11.6 Å². The van der Waals surface area contributed by atoms with E-state index < -0.39 is 6.10 Å². The first kappa shape index (κ1) is 19.7. The van der Waals surface area contributed by atoms with Crippen LogP contribution in [0.25, 0.3) is 0 Å². The second-order valence-electron chi connectivity index (χ2n) is 7.26. The lowest BCUT2D eigenvalue weighted by Crippen LogP contribution is -2.42. The minimum Gasteiger partial charge on any atom is -0.376 e. The van der Waals surface area contributed by atoms with E-state index >= 15 is 0 Å². The predicted molar refractivity (Wildman–Crippen MR) is 104 cm³/mol. The van der Waals surface area contributed by atoms with Crippen LogP contribution in [0.15, 0.2) is 24.3 Å². The Bertz CT molecular complexity index is 667. The summed E-state index contributed by atoms with van der Waals surface area (Å²) in [5.74, 6) is 0.0428. The second-order valence-corrected chi connectivity index (χ2v) is 7.26. The number of nitriles is 1. The van der Waals surface area contributed by atoms with Gasteiger partial charge in [0.25, 0.3) is 5.91 Å². The standard InChI is InChI=1S/C21H29N3O3/c1-17(27-16-19-8-4-5-14-26-19)21(25)24-11-6-10-23(12-13-24)20-9-3-2-7-18(20)15-22/h2-3,7,9,17,19H,4-6,8,10-14,16H2,1H3. The van der Waals surface area contributed by atoms with Crippen LogP contribution < -0.4 is 4.90 Å². The summed E-state index contributed by atoms with van der Waals surface area (Å²) in [5.41, 5.74) is 1.63. The summed E-state index contributed by atoms with van der Waals surface area (Å²) >= 11 is 0. The molecule has 2 fully saturated rings. The highest BCUT2D eigenvalue weighted by Crippen LogP contribution is 2.21. The lowest BCUT2D eigenvalue weighted by Gasteiger charge is -2.27. The summed E-state index contributed by atoms with van der Waals surface area (Å²) in [6.45, 7) is 6.05. The van der Waals surface area contributed by atoms with Gasteiger partial charge in [-0.1, -0.05) is 12.1 Å². The van der Waals surface area contributed by atoms with Crippen molar-refractivity contribution in [3.8, 4) is 6.07 Å². The molecule has 27 heavy (non-hydrogen) atoms. The fourth-order valence-corrected chi connectivity index (χ4v) is 3.74. The smallest absolute Gasteiger partial charge is 0.251 e. The van der Waals surface area contributed by atoms with E-state index in [1.54, 1.807) is 0 Å². The molecule has 6 nitrogen and oxygen atoms in total. The first-order valence-electron chi connectivity index (χ1n) is 9.95. The van der Waals surface area contributed by atoms with Gasteiger partial charge in [0.1, 0.15) is 12.2 Å². The Kier molecular flexibility index (Phi) is 7.08. The molecule has 0 aromatic heterocycles. The molecule has 0 radical (unpaired) electrons.